The second-order valence-electron chi connectivity index (χ2n) is 4.76. The third kappa shape index (κ3) is 0.466. The molecule has 3 fully saturated rings. The molecule has 5 atom stereocenters. The van der Waals surface area contributed by atoms with E-state index in [1.807, 2.05) is 0 Å². The van der Waals surface area contributed by atoms with Crippen LogP contribution in [0.1, 0.15) is 32.6 Å². The number of hydrogen-bond acceptors (Lipinski definition) is 0. The Hall–Kier alpha value is 0. The Morgan fingerprint density at radius 2 is 1.80 bits per heavy atom. The summed E-state index contributed by atoms with van der Waals surface area (Å²) in [5, 5.41) is 0. The summed E-state index contributed by atoms with van der Waals surface area (Å²) in [4.78, 5) is 0. The van der Waals surface area contributed by atoms with Gasteiger partial charge in [0.25, 0.3) is 0 Å². The second-order valence-corrected chi connectivity index (χ2v) is 4.76. The lowest BCUT2D eigenvalue weighted by molar-refractivity contribution is 0.247. The zero-order valence-corrected chi connectivity index (χ0v) is 6.72. The summed E-state index contributed by atoms with van der Waals surface area (Å²) in [5.41, 5.74) is 0. The van der Waals surface area contributed by atoms with Gasteiger partial charge in [0.2, 0.25) is 0 Å². The van der Waals surface area contributed by atoms with Gasteiger partial charge in [-0.05, 0) is 55.3 Å². The van der Waals surface area contributed by atoms with Crippen molar-refractivity contribution in [3.63, 3.8) is 0 Å². The van der Waals surface area contributed by atoms with Gasteiger partial charge in [0.15, 0.2) is 0 Å². The van der Waals surface area contributed by atoms with E-state index in [4.69, 9.17) is 0 Å². The van der Waals surface area contributed by atoms with Crippen molar-refractivity contribution in [1.82, 2.24) is 0 Å². The van der Waals surface area contributed by atoms with Gasteiger partial charge >= 0.3 is 0 Å². The van der Waals surface area contributed by atoms with Crippen molar-refractivity contribution in [3.8, 4) is 0 Å². The van der Waals surface area contributed by atoms with Crippen LogP contribution in [0.3, 0.4) is 0 Å². The molecule has 0 heteroatoms. The quantitative estimate of drug-likeness (QED) is 0.480. The molecule has 56 valence electrons. The van der Waals surface area contributed by atoms with E-state index in [2.05, 4.69) is 6.92 Å². The highest BCUT2D eigenvalue weighted by molar-refractivity contribution is 5.03. The molecule has 0 aromatic carbocycles. The van der Waals surface area contributed by atoms with Gasteiger partial charge in [0.1, 0.15) is 0 Å². The van der Waals surface area contributed by atoms with Crippen LogP contribution in [-0.4, -0.2) is 0 Å². The molecule has 0 aromatic heterocycles. The summed E-state index contributed by atoms with van der Waals surface area (Å²) in [5.74, 6) is 5.81. The number of rotatable bonds is 0. The van der Waals surface area contributed by atoms with Gasteiger partial charge < -0.3 is 0 Å². The highest BCUT2D eigenvalue weighted by Crippen LogP contribution is 2.62. The molecule has 0 N–H and O–H groups in total. The monoisotopic (exact) mass is 136 g/mol. The van der Waals surface area contributed by atoms with E-state index in [0.29, 0.717) is 0 Å². The first-order chi connectivity index (χ1) is 4.86. The fourth-order valence-electron chi connectivity index (χ4n) is 4.11. The van der Waals surface area contributed by atoms with E-state index in [1.54, 1.807) is 25.7 Å². The molecular formula is C10H16. The van der Waals surface area contributed by atoms with Gasteiger partial charge in [-0.25, -0.2) is 0 Å². The van der Waals surface area contributed by atoms with Crippen molar-refractivity contribution in [2.45, 2.75) is 32.6 Å². The maximum absolute atomic E-state index is 2.50. The SMILES string of the molecule is CC1C2CC3CCC1C3C2. The third-order valence-corrected chi connectivity index (χ3v) is 4.63. The van der Waals surface area contributed by atoms with Crippen LogP contribution in [0.2, 0.25) is 0 Å². The minimum Gasteiger partial charge on any atom is -0.0620 e. The van der Waals surface area contributed by atoms with E-state index >= 15 is 0 Å². The average Bonchev–Trinajstić information content (AvgIpc) is 2.43. The maximum Gasteiger partial charge on any atom is -0.0352 e. The Kier molecular flexibility index (Phi) is 0.898. The molecule has 5 unspecified atom stereocenters. The molecule has 3 rings (SSSR count). The van der Waals surface area contributed by atoms with E-state index in [-0.39, 0.29) is 0 Å². The first-order valence-electron chi connectivity index (χ1n) is 4.86. The van der Waals surface area contributed by atoms with Crippen LogP contribution in [0.25, 0.3) is 0 Å². The Bertz CT molecular complexity index is 159. The van der Waals surface area contributed by atoms with Crippen LogP contribution in [-0.2, 0) is 0 Å². The van der Waals surface area contributed by atoms with Crippen molar-refractivity contribution >= 4 is 0 Å². The molecule has 2 bridgehead atoms. The molecule has 0 heterocycles. The summed E-state index contributed by atoms with van der Waals surface area (Å²) in [6.45, 7) is 2.50. The largest absolute Gasteiger partial charge is 0.0620 e. The van der Waals surface area contributed by atoms with E-state index < -0.39 is 0 Å². The summed E-state index contributed by atoms with van der Waals surface area (Å²) in [7, 11) is 0. The normalized spacial score (nSPS) is 63.9. The molecule has 0 aliphatic heterocycles. The Balaban J connectivity index is 2.00. The molecule has 0 radical (unpaired) electrons. The second kappa shape index (κ2) is 1.60. The predicted molar refractivity (Wildman–Crippen MR) is 41.6 cm³/mol. The van der Waals surface area contributed by atoms with E-state index in [1.165, 1.54) is 17.8 Å². The first kappa shape index (κ1) is 5.62. The van der Waals surface area contributed by atoms with Gasteiger partial charge in [-0.1, -0.05) is 6.92 Å². The lowest BCUT2D eigenvalue weighted by Gasteiger charge is -2.24. The maximum atomic E-state index is 2.50. The number of hydrogen-bond donors (Lipinski definition) is 0. The zero-order valence-electron chi connectivity index (χ0n) is 6.72. The summed E-state index contributed by atoms with van der Waals surface area (Å²) >= 11 is 0. The molecule has 3 saturated carbocycles. The molecule has 0 saturated heterocycles. The van der Waals surface area contributed by atoms with Crippen molar-refractivity contribution in [3.05, 3.63) is 0 Å². The lowest BCUT2D eigenvalue weighted by Crippen LogP contribution is -2.17. The van der Waals surface area contributed by atoms with Crippen molar-refractivity contribution in [2.24, 2.45) is 29.6 Å². The average molecular weight is 136 g/mol. The third-order valence-electron chi connectivity index (χ3n) is 4.63. The first-order valence-corrected chi connectivity index (χ1v) is 4.86. The Morgan fingerprint density at radius 3 is 2.50 bits per heavy atom. The van der Waals surface area contributed by atoms with Gasteiger partial charge in [-0.3, -0.25) is 0 Å². The van der Waals surface area contributed by atoms with Crippen LogP contribution < -0.4 is 0 Å². The highest BCUT2D eigenvalue weighted by Gasteiger charge is 2.53. The predicted octanol–water partition coefficient (Wildman–Crippen LogP) is 2.69. The zero-order chi connectivity index (χ0) is 6.72. The van der Waals surface area contributed by atoms with Gasteiger partial charge in [-0.15, -0.1) is 0 Å². The molecule has 0 amide bonds. The summed E-state index contributed by atoms with van der Waals surface area (Å²) in [6, 6.07) is 0. The molecule has 10 heavy (non-hydrogen) atoms. The van der Waals surface area contributed by atoms with Gasteiger partial charge in [-0.2, -0.15) is 0 Å². The number of fused-ring (bicyclic) bond motifs is 1. The Labute approximate surface area is 63.0 Å². The fourth-order valence-corrected chi connectivity index (χ4v) is 4.11. The van der Waals surface area contributed by atoms with E-state index in [0.717, 1.165) is 11.8 Å². The summed E-state index contributed by atoms with van der Waals surface area (Å²) < 4.78 is 0. The fraction of sp³-hybridized carbons (Fsp3) is 1.00. The topological polar surface area (TPSA) is 0 Å². The Morgan fingerprint density at radius 1 is 0.900 bits per heavy atom. The van der Waals surface area contributed by atoms with Crippen LogP contribution in [0.15, 0.2) is 0 Å². The van der Waals surface area contributed by atoms with Crippen LogP contribution in [0.4, 0.5) is 0 Å². The smallest absolute Gasteiger partial charge is 0.0352 e. The molecule has 0 nitrogen and oxygen atoms in total. The van der Waals surface area contributed by atoms with E-state index in [9.17, 15) is 0 Å². The van der Waals surface area contributed by atoms with Crippen LogP contribution in [0.5, 0.6) is 0 Å². The molecular weight excluding hydrogens is 120 g/mol. The van der Waals surface area contributed by atoms with Crippen LogP contribution >= 0.6 is 0 Å². The minimum absolute atomic E-state index is 1.10. The summed E-state index contributed by atoms with van der Waals surface area (Å²) in [6.07, 6.45) is 6.36. The van der Waals surface area contributed by atoms with Crippen molar-refractivity contribution in [2.75, 3.05) is 0 Å². The molecule has 3 aliphatic carbocycles. The van der Waals surface area contributed by atoms with Gasteiger partial charge in [0, 0.05) is 0 Å². The lowest BCUT2D eigenvalue weighted by atomic mass is 9.81. The molecule has 0 aromatic rings. The van der Waals surface area contributed by atoms with Gasteiger partial charge in [0.05, 0.1) is 0 Å². The minimum atomic E-state index is 1.10. The highest BCUT2D eigenvalue weighted by atomic mass is 14.6. The van der Waals surface area contributed by atoms with Crippen molar-refractivity contribution < 1.29 is 0 Å². The van der Waals surface area contributed by atoms with Crippen LogP contribution in [0, 0.1) is 29.6 Å². The molecule has 0 spiro atoms. The standard InChI is InChI=1S/C10H16/c1-6-8-4-7-2-3-9(6)10(7)5-8/h6-10H,2-5H2,1H3. The van der Waals surface area contributed by atoms with Crippen molar-refractivity contribution in [1.29, 1.82) is 0 Å². The molecule has 3 aliphatic rings.